The zero-order chi connectivity index (χ0) is 25.2. The van der Waals surface area contributed by atoms with Gasteiger partial charge in [-0.15, -0.1) is 0 Å². The number of hydrogen-bond acceptors (Lipinski definition) is 8. The summed E-state index contributed by atoms with van der Waals surface area (Å²) in [6, 6.07) is 4.62. The molecule has 35 heavy (non-hydrogen) atoms. The van der Waals surface area contributed by atoms with Crippen molar-refractivity contribution >= 4 is 29.5 Å². The van der Waals surface area contributed by atoms with Crippen LogP contribution in [0, 0.1) is 17.8 Å². The first kappa shape index (κ1) is 22.8. The standard InChI is InChI=1S/C26H23NO8/c1-11-8-19(29)22-17(23(11)30)10-15-13(20(22)16-9-12(34-2)4-7-18(16)28)5-6-14-21(15)25(32)27(24(14)31)26(33)35-3/h4-5,7-9,14-15,20-21,28H,6,10H2,1-3H3/t14-,15+,20+,21-/m0/s1. The molecule has 0 bridgehead atoms. The molecule has 1 aliphatic heterocycles. The van der Waals surface area contributed by atoms with Crippen molar-refractivity contribution in [1.29, 1.82) is 0 Å². The zero-order valence-corrected chi connectivity index (χ0v) is 19.4. The summed E-state index contributed by atoms with van der Waals surface area (Å²) in [7, 11) is 2.57. The first-order chi connectivity index (χ1) is 16.7. The van der Waals surface area contributed by atoms with Crippen LogP contribution in [0.4, 0.5) is 4.79 Å². The Labute approximate surface area is 200 Å². The molecular weight excluding hydrogens is 454 g/mol. The average molecular weight is 477 g/mol. The predicted molar refractivity (Wildman–Crippen MR) is 120 cm³/mol. The highest BCUT2D eigenvalue weighted by atomic mass is 16.5. The zero-order valence-electron chi connectivity index (χ0n) is 19.4. The molecule has 0 radical (unpaired) electrons. The number of ether oxygens (including phenoxy) is 2. The van der Waals surface area contributed by atoms with Crippen LogP contribution in [0.3, 0.4) is 0 Å². The van der Waals surface area contributed by atoms with Crippen molar-refractivity contribution in [2.75, 3.05) is 14.2 Å². The number of phenolic OH excluding ortho intramolecular Hbond substituents is 1. The quantitative estimate of drug-likeness (QED) is 0.391. The van der Waals surface area contributed by atoms with E-state index in [0.29, 0.717) is 21.8 Å². The van der Waals surface area contributed by atoms with Gasteiger partial charge >= 0.3 is 6.09 Å². The van der Waals surface area contributed by atoms with E-state index < -0.39 is 41.6 Å². The molecule has 4 aliphatic rings. The van der Waals surface area contributed by atoms with E-state index in [1.165, 1.54) is 19.3 Å². The van der Waals surface area contributed by atoms with Crippen molar-refractivity contribution in [2.24, 2.45) is 17.8 Å². The molecule has 3 amide bonds. The highest BCUT2D eigenvalue weighted by Crippen LogP contribution is 2.56. The first-order valence-corrected chi connectivity index (χ1v) is 11.2. The fourth-order valence-corrected chi connectivity index (χ4v) is 5.90. The Morgan fingerprint density at radius 2 is 1.83 bits per heavy atom. The molecule has 1 aromatic carbocycles. The number of nitrogens with zero attached hydrogens (tertiary/aromatic N) is 1. The van der Waals surface area contributed by atoms with Gasteiger partial charge in [0.1, 0.15) is 11.5 Å². The fraction of sp³-hybridized carbons (Fsp3) is 0.346. The number of carbonyl (C=O) groups is 5. The molecule has 180 valence electrons. The Balaban J connectivity index is 1.70. The third-order valence-electron chi connectivity index (χ3n) is 7.47. The number of ketones is 2. The van der Waals surface area contributed by atoms with Crippen LogP contribution in [0.5, 0.6) is 11.5 Å². The number of fused-ring (bicyclic) bond motifs is 3. The van der Waals surface area contributed by atoms with Gasteiger partial charge in [-0.25, -0.2) is 4.79 Å². The van der Waals surface area contributed by atoms with Gasteiger partial charge in [0.05, 0.1) is 26.1 Å². The molecule has 0 unspecified atom stereocenters. The SMILES string of the molecule is COC(=O)N1C(=O)[C@H]2[C@H](CC=C3[C@H](c4cc(OC)ccc4O)C4=C(C[C@H]32)C(=O)C(C)=CC4=O)C1=O. The summed E-state index contributed by atoms with van der Waals surface area (Å²) in [4.78, 5) is 65.4. The highest BCUT2D eigenvalue weighted by Gasteiger charge is 2.58. The maximum absolute atomic E-state index is 13.3. The molecule has 1 aromatic rings. The second kappa shape index (κ2) is 8.04. The van der Waals surface area contributed by atoms with Gasteiger partial charge in [0, 0.05) is 28.2 Å². The summed E-state index contributed by atoms with van der Waals surface area (Å²) in [5, 5.41) is 10.8. The maximum Gasteiger partial charge on any atom is 0.423 e. The van der Waals surface area contributed by atoms with Crippen LogP contribution < -0.4 is 4.74 Å². The van der Waals surface area contributed by atoms with Crippen molar-refractivity contribution in [3.05, 3.63) is 58.2 Å². The molecule has 0 saturated carbocycles. The van der Waals surface area contributed by atoms with Crippen molar-refractivity contribution in [3.63, 3.8) is 0 Å². The van der Waals surface area contributed by atoms with Gasteiger partial charge in [0.25, 0.3) is 0 Å². The molecule has 9 heteroatoms. The molecule has 5 rings (SSSR count). The molecule has 3 aliphatic carbocycles. The van der Waals surface area contributed by atoms with E-state index in [9.17, 15) is 29.1 Å². The first-order valence-electron chi connectivity index (χ1n) is 11.2. The van der Waals surface area contributed by atoms with E-state index in [-0.39, 0.29) is 46.9 Å². The molecule has 1 heterocycles. The minimum absolute atomic E-state index is 0.0767. The summed E-state index contributed by atoms with van der Waals surface area (Å²) in [5.41, 5.74) is 1.83. The molecule has 1 fully saturated rings. The number of imide groups is 3. The van der Waals surface area contributed by atoms with Crippen LogP contribution in [0.15, 0.2) is 52.6 Å². The van der Waals surface area contributed by atoms with Gasteiger partial charge in [0.2, 0.25) is 11.8 Å². The molecule has 1 saturated heterocycles. The third kappa shape index (κ3) is 3.18. The lowest BCUT2D eigenvalue weighted by Gasteiger charge is -2.42. The Hall–Kier alpha value is -4.01. The second-order valence-corrected chi connectivity index (χ2v) is 9.14. The topological polar surface area (TPSA) is 127 Å². The predicted octanol–water partition coefficient (Wildman–Crippen LogP) is 2.60. The number of methoxy groups -OCH3 is 2. The highest BCUT2D eigenvalue weighted by molar-refractivity contribution is 6.24. The number of likely N-dealkylation sites (tertiary alicyclic amines) is 1. The monoisotopic (exact) mass is 477 g/mol. The maximum atomic E-state index is 13.3. The minimum Gasteiger partial charge on any atom is -0.508 e. The van der Waals surface area contributed by atoms with Gasteiger partial charge in [-0.2, -0.15) is 4.90 Å². The van der Waals surface area contributed by atoms with E-state index in [1.807, 2.05) is 0 Å². The van der Waals surface area contributed by atoms with E-state index in [4.69, 9.17) is 4.74 Å². The number of Topliss-reactive ketones (excluding diaryl/α,β-unsaturated/α-hetero) is 1. The van der Waals surface area contributed by atoms with Gasteiger partial charge < -0.3 is 14.6 Å². The molecule has 1 N–H and O–H groups in total. The Bertz CT molecular complexity index is 1320. The summed E-state index contributed by atoms with van der Waals surface area (Å²) in [6.45, 7) is 1.56. The van der Waals surface area contributed by atoms with Gasteiger partial charge in [-0.1, -0.05) is 11.6 Å². The van der Waals surface area contributed by atoms with Crippen LogP contribution in [0.1, 0.15) is 31.2 Å². The number of phenols is 1. The summed E-state index contributed by atoms with van der Waals surface area (Å²) < 4.78 is 9.97. The van der Waals surface area contributed by atoms with Crippen LogP contribution in [-0.2, 0) is 23.9 Å². The number of carbonyl (C=O) groups excluding carboxylic acids is 5. The number of allylic oxidation sites excluding steroid dienone is 6. The van der Waals surface area contributed by atoms with Gasteiger partial charge in [0.15, 0.2) is 11.6 Å². The van der Waals surface area contributed by atoms with Crippen LogP contribution >= 0.6 is 0 Å². The largest absolute Gasteiger partial charge is 0.508 e. The smallest absolute Gasteiger partial charge is 0.423 e. The van der Waals surface area contributed by atoms with E-state index in [0.717, 1.165) is 7.11 Å². The van der Waals surface area contributed by atoms with E-state index in [2.05, 4.69) is 4.74 Å². The summed E-state index contributed by atoms with van der Waals surface area (Å²) in [5.74, 6) is -4.70. The average Bonchev–Trinajstić information content (AvgIpc) is 3.11. The Morgan fingerprint density at radius 1 is 1.09 bits per heavy atom. The number of rotatable bonds is 2. The van der Waals surface area contributed by atoms with E-state index in [1.54, 1.807) is 25.1 Å². The van der Waals surface area contributed by atoms with E-state index >= 15 is 0 Å². The lowest BCUT2D eigenvalue weighted by atomic mass is 9.59. The van der Waals surface area contributed by atoms with Crippen molar-refractivity contribution in [1.82, 2.24) is 4.90 Å². The van der Waals surface area contributed by atoms with Crippen LogP contribution in [0.25, 0.3) is 0 Å². The summed E-state index contributed by atoms with van der Waals surface area (Å²) >= 11 is 0. The summed E-state index contributed by atoms with van der Waals surface area (Å²) in [6.07, 6.45) is 2.30. The lowest BCUT2D eigenvalue weighted by Crippen LogP contribution is -2.40. The second-order valence-electron chi connectivity index (χ2n) is 9.14. The number of hydrogen-bond donors (Lipinski definition) is 1. The van der Waals surface area contributed by atoms with Crippen molar-refractivity contribution in [3.8, 4) is 11.5 Å². The Kier molecular flexibility index (Phi) is 5.23. The number of amides is 3. The van der Waals surface area contributed by atoms with Gasteiger partial charge in [-0.3, -0.25) is 19.2 Å². The molecular formula is C26H23NO8. The van der Waals surface area contributed by atoms with Crippen molar-refractivity contribution < 1.29 is 38.6 Å². The normalized spacial score (nSPS) is 27.7. The third-order valence-corrected chi connectivity index (χ3v) is 7.47. The Morgan fingerprint density at radius 3 is 2.51 bits per heavy atom. The molecule has 0 spiro atoms. The fourth-order valence-electron chi connectivity index (χ4n) is 5.90. The minimum atomic E-state index is -1.05. The number of benzene rings is 1. The number of aromatic hydroxyl groups is 1. The molecule has 0 aromatic heterocycles. The molecule has 4 atom stereocenters. The van der Waals surface area contributed by atoms with Gasteiger partial charge in [-0.05, 0) is 50.0 Å². The van der Waals surface area contributed by atoms with Crippen molar-refractivity contribution in [2.45, 2.75) is 25.7 Å². The van der Waals surface area contributed by atoms with Crippen LogP contribution in [-0.4, -0.2) is 53.7 Å². The molecule has 9 nitrogen and oxygen atoms in total. The van der Waals surface area contributed by atoms with Crippen LogP contribution in [0.2, 0.25) is 0 Å². The lowest BCUT2D eigenvalue weighted by molar-refractivity contribution is -0.137.